The Balaban J connectivity index is 1.69. The van der Waals surface area contributed by atoms with Crippen LogP contribution in [0.1, 0.15) is 12.5 Å². The van der Waals surface area contributed by atoms with Crippen molar-refractivity contribution in [3.8, 4) is 5.75 Å². The van der Waals surface area contributed by atoms with E-state index in [1.54, 1.807) is 49.7 Å². The predicted octanol–water partition coefficient (Wildman–Crippen LogP) is 3.35. The predicted molar refractivity (Wildman–Crippen MR) is 128 cm³/mol. The number of H-pyrrole nitrogens is 1. The normalized spacial score (nSPS) is 18.1. The topological polar surface area (TPSA) is 106 Å². The molecule has 9 nitrogen and oxygen atoms in total. The van der Waals surface area contributed by atoms with Crippen LogP contribution in [0.15, 0.2) is 59.5 Å². The maximum absolute atomic E-state index is 13.2. The summed E-state index contributed by atoms with van der Waals surface area (Å²) in [6.45, 7) is 2.99. The third kappa shape index (κ3) is 4.99. The second kappa shape index (κ2) is 10.3. The lowest BCUT2D eigenvalue weighted by atomic mass is 10.0. The van der Waals surface area contributed by atoms with Crippen LogP contribution in [0.2, 0.25) is 0 Å². The number of allylic oxidation sites excluding steroid dienone is 1. The molecule has 0 saturated carbocycles. The van der Waals surface area contributed by atoms with Crippen LogP contribution in [-0.2, 0) is 19.1 Å². The third-order valence-electron chi connectivity index (χ3n) is 5.15. The van der Waals surface area contributed by atoms with Gasteiger partial charge in [-0.2, -0.15) is 0 Å². The number of benzene rings is 1. The lowest BCUT2D eigenvalue weighted by molar-refractivity contribution is -0.147. The summed E-state index contributed by atoms with van der Waals surface area (Å²) in [5.41, 5.74) is 1.85. The number of ketones is 1. The number of fused-ring (bicyclic) bond motifs is 1. The van der Waals surface area contributed by atoms with Gasteiger partial charge in [0.15, 0.2) is 11.7 Å². The quantitative estimate of drug-likeness (QED) is 0.311. The Hall–Kier alpha value is -3.98. The third-order valence-corrected chi connectivity index (χ3v) is 5.15. The molecule has 0 radical (unpaired) electrons. The summed E-state index contributed by atoms with van der Waals surface area (Å²) in [6.07, 6.45) is 4.98. The Morgan fingerprint density at radius 3 is 2.88 bits per heavy atom. The van der Waals surface area contributed by atoms with E-state index in [4.69, 9.17) is 14.2 Å². The zero-order chi connectivity index (χ0) is 24.1. The second-order valence-corrected chi connectivity index (χ2v) is 7.87. The van der Waals surface area contributed by atoms with E-state index in [0.717, 1.165) is 11.9 Å². The highest BCUT2D eigenvalue weighted by molar-refractivity contribution is 6.27. The maximum Gasteiger partial charge on any atom is 0.326 e. The first-order valence-electron chi connectivity index (χ1n) is 11.0. The van der Waals surface area contributed by atoms with Crippen molar-refractivity contribution in [1.29, 1.82) is 0 Å². The summed E-state index contributed by atoms with van der Waals surface area (Å²) < 4.78 is 16.8. The fourth-order valence-corrected chi connectivity index (χ4v) is 3.46. The molecule has 1 aliphatic rings. The number of aromatic amines is 1. The minimum absolute atomic E-state index is 0.00700. The summed E-state index contributed by atoms with van der Waals surface area (Å²) in [5.74, 6) is -2.02. The smallest absolute Gasteiger partial charge is 0.326 e. The van der Waals surface area contributed by atoms with Crippen LogP contribution >= 0.6 is 0 Å². The molecular weight excluding hydrogens is 436 g/mol. The van der Waals surface area contributed by atoms with E-state index in [1.807, 2.05) is 31.1 Å². The number of esters is 1. The van der Waals surface area contributed by atoms with Crippen LogP contribution in [0, 0.1) is 5.92 Å². The van der Waals surface area contributed by atoms with Gasteiger partial charge in [0.05, 0.1) is 6.61 Å². The fraction of sp³-hybridized carbons (Fsp3) is 0.280. The number of hydrogen-bond acceptors (Lipinski definition) is 8. The average Bonchev–Trinajstić information content (AvgIpc) is 3.36. The summed E-state index contributed by atoms with van der Waals surface area (Å²) in [5, 5.41) is 0.823. The van der Waals surface area contributed by atoms with Gasteiger partial charge in [-0.25, -0.2) is 9.98 Å². The first kappa shape index (κ1) is 23.2. The van der Waals surface area contributed by atoms with Gasteiger partial charge in [-0.05, 0) is 51.4 Å². The first-order chi connectivity index (χ1) is 16.5. The Morgan fingerprint density at radius 1 is 1.26 bits per heavy atom. The monoisotopic (exact) mass is 462 g/mol. The van der Waals surface area contributed by atoms with Gasteiger partial charge in [0.2, 0.25) is 11.7 Å². The molecule has 0 amide bonds. The number of pyridine rings is 1. The van der Waals surface area contributed by atoms with Gasteiger partial charge in [0.1, 0.15) is 23.7 Å². The fourth-order valence-electron chi connectivity index (χ4n) is 3.46. The van der Waals surface area contributed by atoms with E-state index in [9.17, 15) is 9.59 Å². The number of rotatable bonds is 8. The molecule has 1 N–H and O–H groups in total. The lowest BCUT2D eigenvalue weighted by Gasteiger charge is -2.13. The molecule has 1 unspecified atom stereocenters. The maximum atomic E-state index is 13.2. The minimum Gasteiger partial charge on any atom is -0.490 e. The van der Waals surface area contributed by atoms with Crippen molar-refractivity contribution in [3.63, 3.8) is 0 Å². The Labute approximate surface area is 197 Å². The largest absolute Gasteiger partial charge is 0.490 e. The molecule has 9 heteroatoms. The average molecular weight is 463 g/mol. The molecule has 1 aliphatic heterocycles. The molecular formula is C25H26N4O5. The standard InChI is InChI=1S/C25H26N4O5/c1-4-32-25(31)21-22(30)20(14-16-15-27-23-17(16)8-7-11-26-23)34-24(21)28-18-9-5-6-10-19(18)33-13-12-29(2)3/h5-11,14-15,21H,4,12-13H2,1-3H3,(H,26,27)/b20-14-,28-24?. The van der Waals surface area contributed by atoms with E-state index in [1.165, 1.54) is 0 Å². The van der Waals surface area contributed by atoms with Crippen LogP contribution in [0.3, 0.4) is 0 Å². The summed E-state index contributed by atoms with van der Waals surface area (Å²) in [6, 6.07) is 10.8. The number of nitrogens with one attached hydrogen (secondary N) is 1. The van der Waals surface area contributed by atoms with Gasteiger partial charge in [0, 0.05) is 29.9 Å². The van der Waals surface area contributed by atoms with E-state index in [-0.39, 0.29) is 18.3 Å². The van der Waals surface area contributed by atoms with Gasteiger partial charge in [-0.1, -0.05) is 12.1 Å². The summed E-state index contributed by atoms with van der Waals surface area (Å²) in [7, 11) is 3.91. The molecule has 0 spiro atoms. The van der Waals surface area contributed by atoms with Gasteiger partial charge in [-0.15, -0.1) is 0 Å². The number of carbonyl (C=O) groups excluding carboxylic acids is 2. The highest BCUT2D eigenvalue weighted by Crippen LogP contribution is 2.32. The van der Waals surface area contributed by atoms with Crippen molar-refractivity contribution >= 4 is 40.4 Å². The molecule has 4 rings (SSSR count). The molecule has 3 heterocycles. The number of para-hydroxylation sites is 2. The van der Waals surface area contributed by atoms with Crippen molar-refractivity contribution in [2.45, 2.75) is 6.92 Å². The second-order valence-electron chi connectivity index (χ2n) is 7.87. The number of aliphatic imine (C=N–C) groups is 1. The molecule has 1 fully saturated rings. The molecule has 176 valence electrons. The summed E-state index contributed by atoms with van der Waals surface area (Å²) in [4.78, 5) is 39.7. The number of carbonyl (C=O) groups is 2. The number of ether oxygens (including phenoxy) is 3. The number of hydrogen-bond donors (Lipinski definition) is 1. The molecule has 1 saturated heterocycles. The van der Waals surface area contributed by atoms with Gasteiger partial charge < -0.3 is 24.1 Å². The van der Waals surface area contributed by atoms with Crippen LogP contribution in [0.4, 0.5) is 5.69 Å². The van der Waals surface area contributed by atoms with E-state index < -0.39 is 17.7 Å². The molecule has 3 aromatic rings. The Bertz CT molecular complexity index is 1260. The molecule has 0 aliphatic carbocycles. The Kier molecular flexibility index (Phi) is 7.03. The van der Waals surface area contributed by atoms with Crippen molar-refractivity contribution in [3.05, 3.63) is 60.1 Å². The molecule has 1 atom stereocenters. The highest BCUT2D eigenvalue weighted by Gasteiger charge is 2.44. The number of Topliss-reactive ketones (excluding diaryl/α,β-unsaturated/α-hetero) is 1. The number of aromatic nitrogens is 2. The zero-order valence-corrected chi connectivity index (χ0v) is 19.3. The number of likely N-dealkylation sites (N-methyl/N-ethyl adjacent to an activating group) is 1. The van der Waals surface area contributed by atoms with Gasteiger partial charge >= 0.3 is 5.97 Å². The molecule has 0 bridgehead atoms. The minimum atomic E-state index is -1.29. The first-order valence-corrected chi connectivity index (χ1v) is 11.0. The summed E-state index contributed by atoms with van der Waals surface area (Å²) >= 11 is 0. The number of nitrogens with zero attached hydrogens (tertiary/aromatic N) is 3. The van der Waals surface area contributed by atoms with Crippen molar-refractivity contribution < 1.29 is 23.8 Å². The highest BCUT2D eigenvalue weighted by atomic mass is 16.5. The van der Waals surface area contributed by atoms with Crippen LogP contribution in [0.5, 0.6) is 5.75 Å². The van der Waals surface area contributed by atoms with E-state index >= 15 is 0 Å². The Morgan fingerprint density at radius 2 is 2.09 bits per heavy atom. The van der Waals surface area contributed by atoms with Crippen LogP contribution in [0.25, 0.3) is 17.1 Å². The lowest BCUT2D eigenvalue weighted by Crippen LogP contribution is -2.27. The SMILES string of the molecule is CCOC(=O)C1C(=O)/C(=C/c2c[nH]c3ncccc23)OC1=Nc1ccccc1OCCN(C)C. The van der Waals surface area contributed by atoms with Crippen molar-refractivity contribution in [2.24, 2.45) is 10.9 Å². The van der Waals surface area contributed by atoms with Crippen molar-refractivity contribution in [1.82, 2.24) is 14.9 Å². The van der Waals surface area contributed by atoms with Crippen LogP contribution < -0.4 is 4.74 Å². The molecule has 2 aromatic heterocycles. The molecule has 34 heavy (non-hydrogen) atoms. The van der Waals surface area contributed by atoms with Crippen LogP contribution in [-0.4, -0.2) is 66.4 Å². The molecule has 1 aromatic carbocycles. The van der Waals surface area contributed by atoms with E-state index in [2.05, 4.69) is 15.0 Å². The van der Waals surface area contributed by atoms with E-state index in [0.29, 0.717) is 29.3 Å². The zero-order valence-electron chi connectivity index (χ0n) is 19.3. The van der Waals surface area contributed by atoms with Gasteiger partial charge in [-0.3, -0.25) is 9.59 Å². The van der Waals surface area contributed by atoms with Crippen molar-refractivity contribution in [2.75, 3.05) is 33.9 Å². The van der Waals surface area contributed by atoms with Gasteiger partial charge in [0.25, 0.3) is 0 Å².